The number of amides is 1. The van der Waals surface area contributed by atoms with Crippen molar-refractivity contribution < 1.29 is 20.1 Å². The number of phenolic OH excluding ortho intramolecular Hbond substituents is 3. The van der Waals surface area contributed by atoms with Crippen molar-refractivity contribution in [3.05, 3.63) is 28.3 Å². The van der Waals surface area contributed by atoms with Crippen LogP contribution in [0, 0.1) is 6.92 Å². The average molecular weight is 294 g/mol. The van der Waals surface area contributed by atoms with E-state index in [2.05, 4.69) is 20.1 Å². The van der Waals surface area contributed by atoms with Gasteiger partial charge in [0.15, 0.2) is 11.5 Å². The molecular weight excluding hydrogens is 284 g/mol. The van der Waals surface area contributed by atoms with Crippen molar-refractivity contribution in [1.29, 1.82) is 0 Å². The number of benzene rings is 1. The molecule has 104 valence electrons. The molecule has 9 heteroatoms. The van der Waals surface area contributed by atoms with Gasteiger partial charge in [0.2, 0.25) is 5.75 Å². The van der Waals surface area contributed by atoms with E-state index in [0.717, 1.165) is 17.7 Å². The first-order valence-corrected chi connectivity index (χ1v) is 6.14. The van der Waals surface area contributed by atoms with Crippen LogP contribution in [0.1, 0.15) is 20.9 Å². The monoisotopic (exact) mass is 294 g/mol. The predicted molar refractivity (Wildman–Crippen MR) is 71.1 cm³/mol. The first-order chi connectivity index (χ1) is 9.50. The van der Waals surface area contributed by atoms with Crippen molar-refractivity contribution in [2.45, 2.75) is 6.92 Å². The Bertz CT molecular complexity index is 683. The molecule has 1 aromatic carbocycles. The quantitative estimate of drug-likeness (QED) is 0.375. The number of hydrazone groups is 1. The molecule has 0 spiro atoms. The van der Waals surface area contributed by atoms with Crippen LogP contribution in [0.3, 0.4) is 0 Å². The molecule has 1 aromatic heterocycles. The summed E-state index contributed by atoms with van der Waals surface area (Å²) in [5, 5.41) is 35.4. The van der Waals surface area contributed by atoms with Gasteiger partial charge in [-0.25, -0.2) is 5.43 Å². The van der Waals surface area contributed by atoms with Crippen LogP contribution in [-0.2, 0) is 0 Å². The van der Waals surface area contributed by atoms with Crippen molar-refractivity contribution in [1.82, 2.24) is 15.0 Å². The van der Waals surface area contributed by atoms with E-state index < -0.39 is 23.2 Å². The van der Waals surface area contributed by atoms with E-state index in [0.29, 0.717) is 10.6 Å². The van der Waals surface area contributed by atoms with Crippen LogP contribution < -0.4 is 5.43 Å². The molecule has 0 radical (unpaired) electrons. The van der Waals surface area contributed by atoms with Crippen LogP contribution in [0.15, 0.2) is 17.2 Å². The molecule has 4 N–H and O–H groups in total. The van der Waals surface area contributed by atoms with Gasteiger partial charge in [0, 0.05) is 5.56 Å². The van der Waals surface area contributed by atoms with Gasteiger partial charge in [-0.15, -0.1) is 5.10 Å². The number of carbonyl (C=O) groups is 1. The number of aromatic nitrogens is 2. The normalized spacial score (nSPS) is 10.8. The first kappa shape index (κ1) is 13.7. The third-order valence-corrected chi connectivity index (χ3v) is 3.22. The molecule has 0 aliphatic carbocycles. The molecular formula is C11H10N4O4S. The Morgan fingerprint density at radius 2 is 2.10 bits per heavy atom. The van der Waals surface area contributed by atoms with Crippen LogP contribution >= 0.6 is 11.5 Å². The van der Waals surface area contributed by atoms with Crippen molar-refractivity contribution in [2.75, 3.05) is 0 Å². The Kier molecular flexibility index (Phi) is 3.80. The minimum Gasteiger partial charge on any atom is -0.504 e. The Morgan fingerprint density at radius 3 is 2.75 bits per heavy atom. The summed E-state index contributed by atoms with van der Waals surface area (Å²) in [6.07, 6.45) is 1.14. The number of nitrogens with zero attached hydrogens (tertiary/aromatic N) is 3. The van der Waals surface area contributed by atoms with Crippen LogP contribution in [-0.4, -0.2) is 37.0 Å². The first-order valence-electron chi connectivity index (χ1n) is 5.37. The summed E-state index contributed by atoms with van der Waals surface area (Å²) in [4.78, 5) is 12.0. The van der Waals surface area contributed by atoms with Gasteiger partial charge in [-0.1, -0.05) is 4.49 Å². The van der Waals surface area contributed by atoms with Gasteiger partial charge >= 0.3 is 0 Å². The van der Waals surface area contributed by atoms with E-state index in [1.165, 1.54) is 12.1 Å². The van der Waals surface area contributed by atoms with Gasteiger partial charge in [0.25, 0.3) is 5.91 Å². The van der Waals surface area contributed by atoms with E-state index in [-0.39, 0.29) is 5.56 Å². The molecule has 2 rings (SSSR count). The zero-order valence-electron chi connectivity index (χ0n) is 10.2. The number of rotatable bonds is 3. The van der Waals surface area contributed by atoms with Gasteiger partial charge in [-0.3, -0.25) is 4.79 Å². The smallest absolute Gasteiger partial charge is 0.285 e. The molecule has 0 saturated heterocycles. The fourth-order valence-electron chi connectivity index (χ4n) is 1.34. The number of hydrogen-bond acceptors (Lipinski definition) is 8. The highest BCUT2D eigenvalue weighted by Gasteiger charge is 2.12. The highest BCUT2D eigenvalue weighted by Crippen LogP contribution is 2.36. The highest BCUT2D eigenvalue weighted by molar-refractivity contribution is 7.07. The minimum atomic E-state index is -0.650. The Hall–Kier alpha value is -2.68. The van der Waals surface area contributed by atoms with Crippen LogP contribution in [0.2, 0.25) is 0 Å². The second-order valence-electron chi connectivity index (χ2n) is 3.76. The molecule has 1 amide bonds. The Balaban J connectivity index is 2.10. The Morgan fingerprint density at radius 1 is 1.35 bits per heavy atom. The molecule has 0 saturated carbocycles. The second-order valence-corrected chi connectivity index (χ2v) is 4.51. The van der Waals surface area contributed by atoms with Crippen LogP contribution in [0.25, 0.3) is 0 Å². The SMILES string of the molecule is Cc1nnsc1C(=O)N/N=C/c1ccc(O)c(O)c1O. The van der Waals surface area contributed by atoms with Crippen molar-refractivity contribution in [3.8, 4) is 17.2 Å². The maximum absolute atomic E-state index is 11.7. The lowest BCUT2D eigenvalue weighted by atomic mass is 10.2. The van der Waals surface area contributed by atoms with Gasteiger partial charge in [-0.05, 0) is 30.6 Å². The Labute approximate surface area is 117 Å². The van der Waals surface area contributed by atoms with Crippen LogP contribution in [0.4, 0.5) is 0 Å². The molecule has 0 atom stereocenters. The van der Waals surface area contributed by atoms with E-state index in [1.807, 2.05) is 0 Å². The summed E-state index contributed by atoms with van der Waals surface area (Å²) in [6.45, 7) is 1.64. The molecule has 8 nitrogen and oxygen atoms in total. The number of nitrogens with one attached hydrogen (secondary N) is 1. The second kappa shape index (κ2) is 5.53. The maximum Gasteiger partial charge on any atom is 0.285 e. The van der Waals surface area contributed by atoms with Crippen LogP contribution in [0.5, 0.6) is 17.2 Å². The van der Waals surface area contributed by atoms with E-state index >= 15 is 0 Å². The van der Waals surface area contributed by atoms with Crippen molar-refractivity contribution in [3.63, 3.8) is 0 Å². The molecule has 2 aromatic rings. The third kappa shape index (κ3) is 2.67. The van der Waals surface area contributed by atoms with E-state index in [1.54, 1.807) is 6.92 Å². The summed E-state index contributed by atoms with van der Waals surface area (Å²) in [5.41, 5.74) is 2.87. The van der Waals surface area contributed by atoms with Crippen molar-refractivity contribution in [2.24, 2.45) is 5.10 Å². The van der Waals surface area contributed by atoms with Gasteiger partial charge < -0.3 is 15.3 Å². The summed E-state index contributed by atoms with van der Waals surface area (Å²) in [5.74, 6) is -2.10. The maximum atomic E-state index is 11.7. The van der Waals surface area contributed by atoms with Gasteiger partial charge in [-0.2, -0.15) is 5.10 Å². The summed E-state index contributed by atoms with van der Waals surface area (Å²) < 4.78 is 3.62. The highest BCUT2D eigenvalue weighted by atomic mass is 32.1. The molecule has 1 heterocycles. The van der Waals surface area contributed by atoms with E-state index in [9.17, 15) is 15.0 Å². The molecule has 0 unspecified atom stereocenters. The topological polar surface area (TPSA) is 128 Å². The molecule has 0 aliphatic rings. The molecule has 0 bridgehead atoms. The zero-order valence-corrected chi connectivity index (χ0v) is 11.0. The fourth-order valence-corrected chi connectivity index (χ4v) is 1.89. The lowest BCUT2D eigenvalue weighted by Crippen LogP contribution is -2.17. The van der Waals surface area contributed by atoms with Gasteiger partial charge in [0.1, 0.15) is 4.88 Å². The number of hydrogen-bond donors (Lipinski definition) is 4. The summed E-state index contributed by atoms with van der Waals surface area (Å²) in [6, 6.07) is 2.52. The lowest BCUT2D eigenvalue weighted by Gasteiger charge is -2.03. The third-order valence-electron chi connectivity index (χ3n) is 2.39. The molecule has 0 aliphatic heterocycles. The number of aromatic hydroxyl groups is 3. The lowest BCUT2D eigenvalue weighted by molar-refractivity contribution is 0.0958. The fraction of sp³-hybridized carbons (Fsp3) is 0.0909. The average Bonchev–Trinajstić information content (AvgIpc) is 2.85. The number of phenols is 3. The zero-order chi connectivity index (χ0) is 14.7. The van der Waals surface area contributed by atoms with Crippen molar-refractivity contribution >= 4 is 23.7 Å². The standard InChI is InChI=1S/C11H10N4O4S/c1-5-10(20-15-13-5)11(19)14-12-4-6-2-3-7(16)9(18)8(6)17/h2-4,16-18H,1H3,(H,14,19)/b12-4+. The number of carbonyl (C=O) groups excluding carboxylic acids is 1. The molecule has 0 fully saturated rings. The summed E-state index contributed by atoms with van der Waals surface area (Å²) >= 11 is 0.942. The summed E-state index contributed by atoms with van der Waals surface area (Å²) in [7, 11) is 0. The number of aryl methyl sites for hydroxylation is 1. The van der Waals surface area contributed by atoms with Gasteiger partial charge in [0.05, 0.1) is 11.9 Å². The predicted octanol–water partition coefficient (Wildman–Crippen LogP) is 0.727. The minimum absolute atomic E-state index is 0.139. The van der Waals surface area contributed by atoms with E-state index in [4.69, 9.17) is 5.11 Å². The molecule has 20 heavy (non-hydrogen) atoms. The largest absolute Gasteiger partial charge is 0.504 e.